The minimum Gasteiger partial charge on any atom is -0.368 e. The molecule has 164 valence electrons. The van der Waals surface area contributed by atoms with Gasteiger partial charge in [-0.15, -0.1) is 0 Å². The van der Waals surface area contributed by atoms with Crippen LogP contribution in [0.1, 0.15) is 38.1 Å². The van der Waals surface area contributed by atoms with Gasteiger partial charge in [0, 0.05) is 35.6 Å². The van der Waals surface area contributed by atoms with E-state index in [0.717, 1.165) is 22.2 Å². The Morgan fingerprint density at radius 1 is 1.09 bits per heavy atom. The maximum atomic E-state index is 14.3. The number of nitrogens with two attached hydrogens (primary N) is 1. The molecule has 0 atom stereocenters. The third kappa shape index (κ3) is 3.91. The Morgan fingerprint density at radius 3 is 2.47 bits per heavy atom. The number of benzene rings is 2. The van der Waals surface area contributed by atoms with E-state index in [9.17, 15) is 9.18 Å². The molecule has 1 amide bonds. The van der Waals surface area contributed by atoms with Crippen molar-refractivity contribution in [1.82, 2.24) is 24.8 Å². The van der Waals surface area contributed by atoms with Crippen molar-refractivity contribution in [2.45, 2.75) is 33.2 Å². The predicted molar refractivity (Wildman–Crippen MR) is 124 cm³/mol. The van der Waals surface area contributed by atoms with Crippen molar-refractivity contribution >= 4 is 22.9 Å². The number of amides is 1. The van der Waals surface area contributed by atoms with Gasteiger partial charge in [0.15, 0.2) is 0 Å². The number of aromatic nitrogens is 4. The number of carbonyl (C=O) groups excluding carboxylic acids is 1. The van der Waals surface area contributed by atoms with Crippen molar-refractivity contribution in [2.24, 2.45) is 0 Å². The molecular weight excluding hydrogens is 407 g/mol. The Kier molecular flexibility index (Phi) is 5.38. The highest BCUT2D eigenvalue weighted by Crippen LogP contribution is 2.35. The van der Waals surface area contributed by atoms with Gasteiger partial charge in [-0.1, -0.05) is 6.07 Å². The number of anilines is 1. The molecule has 0 saturated carbocycles. The molecule has 7 nitrogen and oxygen atoms in total. The van der Waals surface area contributed by atoms with Crippen molar-refractivity contribution in [2.75, 3.05) is 12.3 Å². The summed E-state index contributed by atoms with van der Waals surface area (Å²) in [6.07, 6.45) is 3.32. The number of nitrogens with one attached hydrogen (secondary N) is 1. The van der Waals surface area contributed by atoms with Crippen LogP contribution in [0.15, 0.2) is 48.8 Å². The second-order valence-corrected chi connectivity index (χ2v) is 8.52. The molecule has 4 aromatic rings. The molecule has 0 radical (unpaired) electrons. The lowest BCUT2D eigenvalue weighted by Gasteiger charge is -2.25. The third-order valence-electron chi connectivity index (χ3n) is 5.13. The minimum atomic E-state index is -0.430. The summed E-state index contributed by atoms with van der Waals surface area (Å²) in [7, 11) is 0. The van der Waals surface area contributed by atoms with Crippen LogP contribution in [0.3, 0.4) is 0 Å². The van der Waals surface area contributed by atoms with Crippen molar-refractivity contribution in [1.29, 1.82) is 0 Å². The maximum absolute atomic E-state index is 14.3. The number of halogens is 1. The van der Waals surface area contributed by atoms with Crippen molar-refractivity contribution in [3.8, 4) is 22.5 Å². The zero-order valence-electron chi connectivity index (χ0n) is 18.5. The van der Waals surface area contributed by atoms with Crippen LogP contribution in [0.5, 0.6) is 0 Å². The van der Waals surface area contributed by atoms with Crippen LogP contribution in [-0.4, -0.2) is 32.0 Å². The number of nitrogen functional groups attached to an aromatic ring is 1. The van der Waals surface area contributed by atoms with Crippen LogP contribution >= 0.6 is 0 Å². The van der Waals surface area contributed by atoms with Gasteiger partial charge in [-0.25, -0.2) is 19.3 Å². The molecule has 0 aliphatic rings. The van der Waals surface area contributed by atoms with Gasteiger partial charge >= 0.3 is 0 Å². The number of imidazole rings is 1. The molecule has 0 unspecified atom stereocenters. The highest BCUT2D eigenvalue weighted by Gasteiger charge is 2.26. The zero-order valence-corrected chi connectivity index (χ0v) is 18.5. The van der Waals surface area contributed by atoms with Crippen LogP contribution in [0.4, 0.5) is 10.3 Å². The quantitative estimate of drug-likeness (QED) is 0.498. The second-order valence-electron chi connectivity index (χ2n) is 8.52. The predicted octanol–water partition coefficient (Wildman–Crippen LogP) is 4.39. The van der Waals surface area contributed by atoms with Gasteiger partial charge < -0.3 is 15.6 Å². The van der Waals surface area contributed by atoms with Crippen LogP contribution in [-0.2, 0) is 5.54 Å². The normalized spacial score (nSPS) is 11.7. The third-order valence-corrected chi connectivity index (χ3v) is 5.13. The lowest BCUT2D eigenvalue weighted by atomic mass is 10.0. The monoisotopic (exact) mass is 432 g/mol. The summed E-state index contributed by atoms with van der Waals surface area (Å²) >= 11 is 0. The van der Waals surface area contributed by atoms with Crippen LogP contribution in [0.2, 0.25) is 0 Å². The van der Waals surface area contributed by atoms with Gasteiger partial charge in [0.2, 0.25) is 5.95 Å². The number of hydrogen-bond acceptors (Lipinski definition) is 5. The van der Waals surface area contributed by atoms with Gasteiger partial charge in [0.25, 0.3) is 5.91 Å². The van der Waals surface area contributed by atoms with E-state index in [-0.39, 0.29) is 17.4 Å². The molecule has 2 aromatic carbocycles. The lowest BCUT2D eigenvalue weighted by Crippen LogP contribution is -2.25. The van der Waals surface area contributed by atoms with E-state index in [1.54, 1.807) is 12.4 Å². The first-order valence-corrected chi connectivity index (χ1v) is 10.4. The van der Waals surface area contributed by atoms with Gasteiger partial charge in [-0.2, -0.15) is 0 Å². The number of hydrogen-bond donors (Lipinski definition) is 2. The molecule has 2 heterocycles. The van der Waals surface area contributed by atoms with Crippen LogP contribution in [0, 0.1) is 5.82 Å². The highest BCUT2D eigenvalue weighted by atomic mass is 19.1. The van der Waals surface area contributed by atoms with Crippen molar-refractivity contribution in [3.63, 3.8) is 0 Å². The molecule has 3 N–H and O–H groups in total. The Morgan fingerprint density at radius 2 is 1.81 bits per heavy atom. The van der Waals surface area contributed by atoms with Crippen LogP contribution < -0.4 is 11.1 Å². The van der Waals surface area contributed by atoms with E-state index in [2.05, 4.69) is 15.3 Å². The Bertz CT molecular complexity index is 1300. The molecule has 0 fully saturated rings. The zero-order chi connectivity index (χ0) is 23.0. The lowest BCUT2D eigenvalue weighted by molar-refractivity contribution is 0.0956. The molecule has 32 heavy (non-hydrogen) atoms. The molecule has 0 aliphatic heterocycles. The molecule has 4 rings (SSSR count). The summed E-state index contributed by atoms with van der Waals surface area (Å²) in [6, 6.07) is 10.0. The summed E-state index contributed by atoms with van der Waals surface area (Å²) in [4.78, 5) is 25.7. The summed E-state index contributed by atoms with van der Waals surface area (Å²) in [5, 5.41) is 2.80. The fraction of sp³-hybridized carbons (Fsp3) is 0.250. The minimum absolute atomic E-state index is 0.207. The van der Waals surface area contributed by atoms with E-state index in [1.807, 2.05) is 50.5 Å². The molecule has 2 aromatic heterocycles. The number of nitrogens with zero attached hydrogens (tertiary/aromatic N) is 4. The van der Waals surface area contributed by atoms with E-state index in [0.29, 0.717) is 23.5 Å². The molecule has 0 saturated heterocycles. The van der Waals surface area contributed by atoms with E-state index >= 15 is 0 Å². The van der Waals surface area contributed by atoms with Crippen LogP contribution in [0.25, 0.3) is 33.5 Å². The van der Waals surface area contributed by atoms with Crippen molar-refractivity contribution in [3.05, 3.63) is 60.2 Å². The summed E-state index contributed by atoms with van der Waals surface area (Å²) in [5.74, 6) is 0.0343. The van der Waals surface area contributed by atoms with E-state index in [4.69, 9.17) is 10.7 Å². The first-order valence-electron chi connectivity index (χ1n) is 10.4. The number of rotatable bonds is 4. The average Bonchev–Trinajstić information content (AvgIpc) is 3.13. The molecule has 0 aliphatic carbocycles. The standard InChI is InChI=1S/C24H25FN6O/c1-5-27-22(32)17-8-7-16(25)11-18(17)21-30-19-10-14(15-12-28-23(26)29-13-15)6-9-20(19)31(21)24(2,3)4/h6-13H,5H2,1-4H3,(H,27,32)(H2,26,28,29). The second kappa shape index (κ2) is 8.03. The Labute approximate surface area is 185 Å². The SMILES string of the molecule is CCNC(=O)c1ccc(F)cc1-c1nc2cc(-c3cnc(N)nc3)ccc2n1C(C)(C)C. The molecule has 0 spiro atoms. The summed E-state index contributed by atoms with van der Waals surface area (Å²) in [5.41, 5.74) is 9.33. The van der Waals surface area contributed by atoms with Gasteiger partial charge in [0.1, 0.15) is 11.6 Å². The Hall–Kier alpha value is -3.81. The fourth-order valence-electron chi connectivity index (χ4n) is 3.76. The van der Waals surface area contributed by atoms with Crippen molar-refractivity contribution < 1.29 is 9.18 Å². The van der Waals surface area contributed by atoms with Gasteiger partial charge in [-0.3, -0.25) is 4.79 Å². The average molecular weight is 433 g/mol. The van der Waals surface area contributed by atoms with E-state index in [1.165, 1.54) is 18.2 Å². The topological polar surface area (TPSA) is 98.7 Å². The first kappa shape index (κ1) is 21.4. The number of carbonyl (C=O) groups is 1. The van der Waals surface area contributed by atoms with E-state index < -0.39 is 5.82 Å². The summed E-state index contributed by atoms with van der Waals surface area (Å²) in [6.45, 7) is 8.45. The number of fused-ring (bicyclic) bond motifs is 1. The highest BCUT2D eigenvalue weighted by molar-refractivity contribution is 6.01. The fourth-order valence-corrected chi connectivity index (χ4v) is 3.76. The first-order chi connectivity index (χ1) is 15.2. The van der Waals surface area contributed by atoms with Gasteiger partial charge in [-0.05, 0) is 63.6 Å². The molecule has 0 bridgehead atoms. The maximum Gasteiger partial charge on any atom is 0.252 e. The molecular formula is C24H25FN6O. The summed E-state index contributed by atoms with van der Waals surface area (Å²) < 4.78 is 16.3. The van der Waals surface area contributed by atoms with Gasteiger partial charge in [0.05, 0.1) is 16.6 Å². The Balaban J connectivity index is 1.97. The smallest absolute Gasteiger partial charge is 0.252 e. The largest absolute Gasteiger partial charge is 0.368 e. The molecule has 8 heteroatoms.